The summed E-state index contributed by atoms with van der Waals surface area (Å²) in [6.07, 6.45) is 1.77. The van der Waals surface area contributed by atoms with Gasteiger partial charge in [0.25, 0.3) is 0 Å². The molecular formula is C14H13N3O2. The summed E-state index contributed by atoms with van der Waals surface area (Å²) in [7, 11) is 0. The molecule has 2 aromatic heterocycles. The Morgan fingerprint density at radius 3 is 3.00 bits per heavy atom. The van der Waals surface area contributed by atoms with Crippen LogP contribution in [0.4, 0.5) is 5.69 Å². The third-order valence-corrected chi connectivity index (χ3v) is 2.93. The lowest BCUT2D eigenvalue weighted by atomic mass is 10.2. The molecule has 3 aromatic rings. The van der Waals surface area contributed by atoms with Gasteiger partial charge < -0.3 is 9.73 Å². The number of rotatable bonds is 3. The van der Waals surface area contributed by atoms with E-state index >= 15 is 0 Å². The fourth-order valence-corrected chi connectivity index (χ4v) is 2.00. The molecule has 19 heavy (non-hydrogen) atoms. The topological polar surface area (TPSA) is 70.9 Å². The van der Waals surface area contributed by atoms with Crippen molar-refractivity contribution in [1.82, 2.24) is 9.97 Å². The van der Waals surface area contributed by atoms with E-state index in [0.717, 1.165) is 11.4 Å². The van der Waals surface area contributed by atoms with Gasteiger partial charge in [0.1, 0.15) is 0 Å². The van der Waals surface area contributed by atoms with Gasteiger partial charge in [0.15, 0.2) is 5.58 Å². The molecule has 0 radical (unpaired) electrons. The monoisotopic (exact) mass is 255 g/mol. The first-order chi connectivity index (χ1) is 9.22. The number of pyridine rings is 1. The quantitative estimate of drug-likeness (QED) is 0.754. The van der Waals surface area contributed by atoms with Crippen molar-refractivity contribution in [2.24, 2.45) is 0 Å². The van der Waals surface area contributed by atoms with Crippen LogP contribution in [0.1, 0.15) is 18.7 Å². The summed E-state index contributed by atoms with van der Waals surface area (Å²) in [4.78, 5) is 18.0. The summed E-state index contributed by atoms with van der Waals surface area (Å²) >= 11 is 0. The standard InChI is InChI=1S/C14H13N3O2/c1-9(11-4-2-3-7-15-11)16-10-5-6-13-12(8-10)17-14(18)19-13/h2-9,16H,1H3,(H,17,18). The Hall–Kier alpha value is -2.56. The third kappa shape index (κ3) is 2.35. The van der Waals surface area contributed by atoms with Crippen molar-refractivity contribution in [2.45, 2.75) is 13.0 Å². The molecule has 0 saturated carbocycles. The van der Waals surface area contributed by atoms with E-state index in [1.165, 1.54) is 0 Å². The first-order valence-electron chi connectivity index (χ1n) is 6.03. The van der Waals surface area contributed by atoms with Gasteiger partial charge in [-0.3, -0.25) is 9.97 Å². The van der Waals surface area contributed by atoms with Crippen molar-refractivity contribution in [3.8, 4) is 0 Å². The second-order valence-corrected chi connectivity index (χ2v) is 4.35. The summed E-state index contributed by atoms with van der Waals surface area (Å²) in [6, 6.07) is 11.4. The van der Waals surface area contributed by atoms with Crippen LogP contribution in [-0.4, -0.2) is 9.97 Å². The lowest BCUT2D eigenvalue weighted by Gasteiger charge is -2.14. The average Bonchev–Trinajstić information content (AvgIpc) is 2.79. The Bertz CT molecular complexity index is 746. The Morgan fingerprint density at radius 1 is 1.32 bits per heavy atom. The van der Waals surface area contributed by atoms with E-state index in [-0.39, 0.29) is 6.04 Å². The van der Waals surface area contributed by atoms with Gasteiger partial charge in [0, 0.05) is 11.9 Å². The number of oxazole rings is 1. The second-order valence-electron chi connectivity index (χ2n) is 4.35. The fraction of sp³-hybridized carbons (Fsp3) is 0.143. The minimum Gasteiger partial charge on any atom is -0.408 e. The van der Waals surface area contributed by atoms with Crippen LogP contribution in [0.15, 0.2) is 51.8 Å². The van der Waals surface area contributed by atoms with Gasteiger partial charge in [-0.15, -0.1) is 0 Å². The third-order valence-electron chi connectivity index (χ3n) is 2.93. The normalized spacial score (nSPS) is 12.5. The number of nitrogens with zero attached hydrogens (tertiary/aromatic N) is 1. The predicted molar refractivity (Wildman–Crippen MR) is 73.1 cm³/mol. The van der Waals surface area contributed by atoms with Gasteiger partial charge in [0.2, 0.25) is 0 Å². The van der Waals surface area contributed by atoms with Crippen molar-refractivity contribution in [3.63, 3.8) is 0 Å². The molecule has 2 N–H and O–H groups in total. The number of H-pyrrole nitrogens is 1. The number of benzene rings is 1. The molecule has 1 aromatic carbocycles. The number of hydrogen-bond donors (Lipinski definition) is 2. The highest BCUT2D eigenvalue weighted by Crippen LogP contribution is 2.20. The van der Waals surface area contributed by atoms with Crippen LogP contribution >= 0.6 is 0 Å². The van der Waals surface area contributed by atoms with Crippen LogP contribution in [0.25, 0.3) is 11.1 Å². The van der Waals surface area contributed by atoms with Crippen LogP contribution in [0.2, 0.25) is 0 Å². The number of aromatic nitrogens is 2. The van der Waals surface area contributed by atoms with Gasteiger partial charge in [0.05, 0.1) is 17.3 Å². The molecule has 0 amide bonds. The van der Waals surface area contributed by atoms with E-state index in [1.54, 1.807) is 12.3 Å². The SMILES string of the molecule is CC(Nc1ccc2oc(=O)[nH]c2c1)c1ccccn1. The van der Waals surface area contributed by atoms with Crippen LogP contribution in [0.3, 0.4) is 0 Å². The molecule has 5 heteroatoms. The van der Waals surface area contributed by atoms with Crippen molar-refractivity contribution >= 4 is 16.8 Å². The number of hydrogen-bond acceptors (Lipinski definition) is 4. The van der Waals surface area contributed by atoms with Crippen LogP contribution in [0.5, 0.6) is 0 Å². The smallest absolute Gasteiger partial charge is 0.408 e. The fourth-order valence-electron chi connectivity index (χ4n) is 2.00. The Labute approximate surface area is 109 Å². The molecule has 0 bridgehead atoms. The number of anilines is 1. The lowest BCUT2D eigenvalue weighted by Crippen LogP contribution is -2.07. The molecule has 0 aliphatic carbocycles. The van der Waals surface area contributed by atoms with Gasteiger partial charge in [-0.1, -0.05) is 6.07 Å². The summed E-state index contributed by atoms with van der Waals surface area (Å²) in [5, 5.41) is 3.33. The molecule has 0 fully saturated rings. The van der Waals surface area contributed by atoms with Gasteiger partial charge in [-0.05, 0) is 37.3 Å². The molecule has 1 atom stereocenters. The first kappa shape index (κ1) is 11.5. The van der Waals surface area contributed by atoms with Crippen molar-refractivity contribution < 1.29 is 4.42 Å². The minimum absolute atomic E-state index is 0.0808. The number of fused-ring (bicyclic) bond motifs is 1. The molecule has 0 saturated heterocycles. The summed E-state index contributed by atoms with van der Waals surface area (Å²) in [5.41, 5.74) is 3.11. The van der Waals surface area contributed by atoms with Crippen molar-refractivity contribution in [2.75, 3.05) is 5.32 Å². The predicted octanol–water partition coefficient (Wildman–Crippen LogP) is 2.69. The van der Waals surface area contributed by atoms with Crippen LogP contribution < -0.4 is 11.1 Å². The van der Waals surface area contributed by atoms with Gasteiger partial charge >= 0.3 is 5.76 Å². The van der Waals surface area contributed by atoms with E-state index < -0.39 is 5.76 Å². The molecule has 0 aliphatic heterocycles. The van der Waals surface area contributed by atoms with Crippen LogP contribution in [0, 0.1) is 0 Å². The Morgan fingerprint density at radius 2 is 2.21 bits per heavy atom. The maximum absolute atomic E-state index is 11.1. The molecular weight excluding hydrogens is 242 g/mol. The lowest BCUT2D eigenvalue weighted by molar-refractivity contribution is 0.555. The highest BCUT2D eigenvalue weighted by molar-refractivity contribution is 5.76. The van der Waals surface area contributed by atoms with Gasteiger partial charge in [-0.25, -0.2) is 4.79 Å². The zero-order valence-corrected chi connectivity index (χ0v) is 10.4. The largest absolute Gasteiger partial charge is 0.417 e. The summed E-state index contributed by atoms with van der Waals surface area (Å²) in [6.45, 7) is 2.03. The molecule has 5 nitrogen and oxygen atoms in total. The first-order valence-corrected chi connectivity index (χ1v) is 6.03. The molecule has 0 aliphatic rings. The maximum atomic E-state index is 11.1. The minimum atomic E-state index is -0.440. The number of nitrogens with one attached hydrogen (secondary N) is 2. The van der Waals surface area contributed by atoms with E-state index in [9.17, 15) is 4.79 Å². The zero-order chi connectivity index (χ0) is 13.2. The second kappa shape index (κ2) is 4.61. The van der Waals surface area contributed by atoms with E-state index in [4.69, 9.17) is 4.42 Å². The molecule has 1 unspecified atom stereocenters. The Balaban J connectivity index is 1.87. The highest BCUT2D eigenvalue weighted by Gasteiger charge is 2.07. The molecule has 0 spiro atoms. The summed E-state index contributed by atoms with van der Waals surface area (Å²) < 4.78 is 4.96. The Kier molecular flexibility index (Phi) is 2.79. The molecule has 96 valence electrons. The molecule has 3 rings (SSSR count). The molecule has 2 heterocycles. The zero-order valence-electron chi connectivity index (χ0n) is 10.4. The highest BCUT2D eigenvalue weighted by atomic mass is 16.4. The van der Waals surface area contributed by atoms with E-state index in [0.29, 0.717) is 11.1 Å². The van der Waals surface area contributed by atoms with Crippen molar-refractivity contribution in [1.29, 1.82) is 0 Å². The van der Waals surface area contributed by atoms with E-state index in [2.05, 4.69) is 15.3 Å². The van der Waals surface area contributed by atoms with Crippen LogP contribution in [-0.2, 0) is 0 Å². The van der Waals surface area contributed by atoms with Gasteiger partial charge in [-0.2, -0.15) is 0 Å². The summed E-state index contributed by atoms with van der Waals surface area (Å²) in [5.74, 6) is -0.440. The van der Waals surface area contributed by atoms with E-state index in [1.807, 2.05) is 37.3 Å². The van der Waals surface area contributed by atoms with Crippen molar-refractivity contribution in [3.05, 3.63) is 58.8 Å². The number of aromatic amines is 1. The average molecular weight is 255 g/mol. The maximum Gasteiger partial charge on any atom is 0.417 e.